The third kappa shape index (κ3) is 5.21. The van der Waals surface area contributed by atoms with Crippen LogP contribution >= 0.6 is 0 Å². The number of rotatable bonds is 5. The minimum absolute atomic E-state index is 0.147. The van der Waals surface area contributed by atoms with Crippen LogP contribution in [0.4, 0.5) is 0 Å². The van der Waals surface area contributed by atoms with Crippen molar-refractivity contribution in [1.29, 1.82) is 0 Å². The number of likely N-dealkylation sites (tertiary alicyclic amines) is 1. The summed E-state index contributed by atoms with van der Waals surface area (Å²) >= 11 is 0. The predicted octanol–water partition coefficient (Wildman–Crippen LogP) is 1.15. The molecule has 1 amide bonds. The molecule has 1 aliphatic heterocycles. The zero-order valence-electron chi connectivity index (χ0n) is 16.2. The Bertz CT molecular complexity index is 615. The van der Waals surface area contributed by atoms with E-state index in [9.17, 15) is 4.79 Å². The summed E-state index contributed by atoms with van der Waals surface area (Å²) in [6, 6.07) is 0.192. The van der Waals surface area contributed by atoms with Crippen molar-refractivity contribution in [2.24, 2.45) is 12.0 Å². The highest BCUT2D eigenvalue weighted by molar-refractivity contribution is 5.86. The van der Waals surface area contributed by atoms with Gasteiger partial charge >= 0.3 is 0 Å². The first-order chi connectivity index (χ1) is 11.9. The number of carbonyl (C=O) groups excluding carboxylic acids is 1. The normalized spacial score (nSPS) is 16.7. The topological polar surface area (TPSA) is 74.6 Å². The lowest BCUT2D eigenvalue weighted by molar-refractivity contribution is -0.130. The van der Waals surface area contributed by atoms with E-state index in [1.54, 1.807) is 7.05 Å². The predicted molar refractivity (Wildman–Crippen MR) is 101 cm³/mol. The van der Waals surface area contributed by atoms with Crippen LogP contribution in [0.25, 0.3) is 0 Å². The smallest absolute Gasteiger partial charge is 0.241 e. The lowest BCUT2D eigenvalue weighted by Gasteiger charge is -2.27. The van der Waals surface area contributed by atoms with Crippen LogP contribution in [0, 0.1) is 13.8 Å². The SMILES string of the molecule is CN=C(NCC(=O)N1CCCCC1)NC(C)Cc1c(C)nn(C)c1C. The van der Waals surface area contributed by atoms with Gasteiger partial charge in [-0.15, -0.1) is 0 Å². The lowest BCUT2D eigenvalue weighted by Crippen LogP contribution is -2.48. The molecule has 1 aromatic rings. The van der Waals surface area contributed by atoms with Crippen molar-refractivity contribution in [3.05, 3.63) is 17.0 Å². The Morgan fingerprint density at radius 3 is 2.52 bits per heavy atom. The Morgan fingerprint density at radius 1 is 1.28 bits per heavy atom. The van der Waals surface area contributed by atoms with Crippen molar-refractivity contribution in [2.45, 2.75) is 52.5 Å². The van der Waals surface area contributed by atoms with Crippen LogP contribution in [0.5, 0.6) is 0 Å². The second-order valence-electron chi connectivity index (χ2n) is 6.89. The molecule has 1 saturated heterocycles. The van der Waals surface area contributed by atoms with Crippen molar-refractivity contribution in [2.75, 3.05) is 26.7 Å². The molecule has 0 aliphatic carbocycles. The monoisotopic (exact) mass is 348 g/mol. The zero-order valence-corrected chi connectivity index (χ0v) is 16.2. The summed E-state index contributed by atoms with van der Waals surface area (Å²) in [7, 11) is 3.70. The van der Waals surface area contributed by atoms with Gasteiger partial charge in [-0.3, -0.25) is 14.5 Å². The summed E-state index contributed by atoms with van der Waals surface area (Å²) in [5, 5.41) is 11.0. The van der Waals surface area contributed by atoms with Gasteiger partial charge in [0.05, 0.1) is 12.2 Å². The number of hydrogen-bond donors (Lipinski definition) is 2. The molecule has 1 unspecified atom stereocenters. The van der Waals surface area contributed by atoms with E-state index in [0.29, 0.717) is 5.96 Å². The van der Waals surface area contributed by atoms with Crippen molar-refractivity contribution in [3.8, 4) is 0 Å². The Morgan fingerprint density at radius 2 is 1.96 bits per heavy atom. The number of guanidine groups is 1. The Kier molecular flexibility index (Phi) is 6.84. The van der Waals surface area contributed by atoms with Gasteiger partial charge in [0.1, 0.15) is 0 Å². The molecule has 2 rings (SSSR count). The zero-order chi connectivity index (χ0) is 18.4. The number of nitrogens with one attached hydrogen (secondary N) is 2. The molecule has 1 atom stereocenters. The maximum absolute atomic E-state index is 12.3. The van der Waals surface area contributed by atoms with Gasteiger partial charge in [0.15, 0.2) is 5.96 Å². The minimum atomic E-state index is 0.147. The van der Waals surface area contributed by atoms with E-state index in [-0.39, 0.29) is 18.5 Å². The summed E-state index contributed by atoms with van der Waals surface area (Å²) in [4.78, 5) is 18.4. The van der Waals surface area contributed by atoms with Gasteiger partial charge in [-0.2, -0.15) is 5.10 Å². The van der Waals surface area contributed by atoms with Gasteiger partial charge in [-0.25, -0.2) is 0 Å². The Labute approximate surface area is 150 Å². The quantitative estimate of drug-likeness (QED) is 0.618. The van der Waals surface area contributed by atoms with Gasteiger partial charge in [0.2, 0.25) is 5.91 Å². The fourth-order valence-electron chi connectivity index (χ4n) is 3.31. The van der Waals surface area contributed by atoms with Gasteiger partial charge in [-0.05, 0) is 52.0 Å². The molecule has 25 heavy (non-hydrogen) atoms. The van der Waals surface area contributed by atoms with Gasteiger partial charge < -0.3 is 15.5 Å². The highest BCUT2D eigenvalue weighted by Crippen LogP contribution is 2.14. The summed E-state index contributed by atoms with van der Waals surface area (Å²) in [5.41, 5.74) is 3.52. The van der Waals surface area contributed by atoms with Crippen LogP contribution in [0.15, 0.2) is 4.99 Å². The van der Waals surface area contributed by atoms with Gasteiger partial charge in [-0.1, -0.05) is 0 Å². The van der Waals surface area contributed by atoms with E-state index in [1.807, 2.05) is 23.6 Å². The molecule has 0 bridgehead atoms. The number of aryl methyl sites for hydroxylation is 2. The number of aliphatic imine (C=N–C) groups is 1. The van der Waals surface area contributed by atoms with E-state index in [1.165, 1.54) is 17.7 Å². The fourth-order valence-corrected chi connectivity index (χ4v) is 3.31. The second-order valence-corrected chi connectivity index (χ2v) is 6.89. The minimum Gasteiger partial charge on any atom is -0.354 e. The third-order valence-electron chi connectivity index (χ3n) is 4.89. The average molecular weight is 348 g/mol. The number of amides is 1. The van der Waals surface area contributed by atoms with Crippen LogP contribution in [-0.4, -0.2) is 59.3 Å². The van der Waals surface area contributed by atoms with Gasteiger partial charge in [0.25, 0.3) is 0 Å². The van der Waals surface area contributed by atoms with Crippen molar-refractivity contribution in [1.82, 2.24) is 25.3 Å². The molecule has 140 valence electrons. The number of carbonyl (C=O) groups is 1. The lowest BCUT2D eigenvalue weighted by atomic mass is 10.1. The molecule has 0 radical (unpaired) electrons. The van der Waals surface area contributed by atoms with Crippen molar-refractivity contribution < 1.29 is 4.79 Å². The Balaban J connectivity index is 1.83. The van der Waals surface area contributed by atoms with Gasteiger partial charge in [0, 0.05) is 38.9 Å². The third-order valence-corrected chi connectivity index (χ3v) is 4.89. The van der Waals surface area contributed by atoms with Crippen LogP contribution < -0.4 is 10.6 Å². The molecule has 7 nitrogen and oxygen atoms in total. The summed E-state index contributed by atoms with van der Waals surface area (Å²) < 4.78 is 1.92. The fraction of sp³-hybridized carbons (Fsp3) is 0.722. The number of nitrogens with zero attached hydrogens (tertiary/aromatic N) is 4. The molecule has 1 aliphatic rings. The first-order valence-electron chi connectivity index (χ1n) is 9.16. The molecule has 1 fully saturated rings. The molecule has 1 aromatic heterocycles. The number of aromatic nitrogens is 2. The Hall–Kier alpha value is -2.05. The highest BCUT2D eigenvalue weighted by Gasteiger charge is 2.17. The second kappa shape index (κ2) is 8.87. The number of piperidine rings is 1. The largest absolute Gasteiger partial charge is 0.354 e. The molecule has 0 saturated carbocycles. The molecule has 2 N–H and O–H groups in total. The highest BCUT2D eigenvalue weighted by atomic mass is 16.2. The summed E-state index contributed by atoms with van der Waals surface area (Å²) in [6.45, 7) is 8.29. The van der Waals surface area contributed by atoms with Crippen molar-refractivity contribution >= 4 is 11.9 Å². The molecule has 0 aromatic carbocycles. The summed E-state index contributed by atoms with van der Waals surface area (Å²) in [5.74, 6) is 0.811. The molecule has 7 heteroatoms. The standard InChI is InChI=1S/C18H32N6O/c1-13(11-16-14(2)22-23(5)15(16)3)21-18(19-4)20-12-17(25)24-9-7-6-8-10-24/h13H,6-12H2,1-5H3,(H2,19,20,21). The van der Waals surface area contributed by atoms with E-state index >= 15 is 0 Å². The average Bonchev–Trinajstić information content (AvgIpc) is 2.85. The molecular weight excluding hydrogens is 316 g/mol. The van der Waals surface area contributed by atoms with E-state index in [0.717, 1.165) is 38.0 Å². The summed E-state index contributed by atoms with van der Waals surface area (Å²) in [6.07, 6.45) is 4.32. The maximum atomic E-state index is 12.3. The van der Waals surface area contributed by atoms with Crippen LogP contribution in [0.1, 0.15) is 43.1 Å². The number of hydrogen-bond acceptors (Lipinski definition) is 3. The maximum Gasteiger partial charge on any atom is 0.241 e. The van der Waals surface area contributed by atoms with E-state index in [4.69, 9.17) is 0 Å². The van der Waals surface area contributed by atoms with E-state index < -0.39 is 0 Å². The van der Waals surface area contributed by atoms with E-state index in [2.05, 4.69) is 34.6 Å². The van der Waals surface area contributed by atoms with Crippen LogP contribution in [0.3, 0.4) is 0 Å². The van der Waals surface area contributed by atoms with Crippen LogP contribution in [-0.2, 0) is 18.3 Å². The first kappa shape index (κ1) is 19.3. The first-order valence-corrected chi connectivity index (χ1v) is 9.16. The van der Waals surface area contributed by atoms with Crippen LogP contribution in [0.2, 0.25) is 0 Å². The molecular formula is C18H32N6O. The van der Waals surface area contributed by atoms with Crippen molar-refractivity contribution in [3.63, 3.8) is 0 Å². The molecule has 0 spiro atoms. The molecule has 2 heterocycles.